The van der Waals surface area contributed by atoms with Crippen molar-refractivity contribution in [1.29, 1.82) is 0 Å². The second-order valence-corrected chi connectivity index (χ2v) is 6.08. The largest absolute Gasteiger partial charge is 0.275 e. The van der Waals surface area contributed by atoms with Gasteiger partial charge in [0.25, 0.3) is 5.56 Å². The molecule has 0 unspecified atom stereocenters. The summed E-state index contributed by atoms with van der Waals surface area (Å²) >= 11 is 6.40. The fourth-order valence-electron chi connectivity index (χ4n) is 2.93. The average molecular weight is 360 g/mol. The lowest BCUT2D eigenvalue weighted by molar-refractivity contribution is 0.998. The van der Waals surface area contributed by atoms with Crippen molar-refractivity contribution >= 4 is 11.6 Å². The molecule has 0 radical (unpaired) electrons. The fourth-order valence-corrected chi connectivity index (χ4v) is 3.15. The van der Waals surface area contributed by atoms with E-state index in [0.29, 0.717) is 16.4 Å². The van der Waals surface area contributed by atoms with Gasteiger partial charge in [-0.2, -0.15) is 0 Å². The zero-order chi connectivity index (χ0) is 17.9. The number of hydrogen-bond acceptors (Lipinski definition) is 3. The Morgan fingerprint density at radius 1 is 0.846 bits per heavy atom. The third kappa shape index (κ3) is 2.91. The highest BCUT2D eigenvalue weighted by molar-refractivity contribution is 6.32. The predicted octanol–water partition coefficient (Wildman–Crippen LogP) is 4.61. The van der Waals surface area contributed by atoms with Gasteiger partial charge < -0.3 is 0 Å². The Hall–Kier alpha value is -3.24. The van der Waals surface area contributed by atoms with Crippen molar-refractivity contribution in [1.82, 2.24) is 14.5 Å². The van der Waals surface area contributed by atoms with Gasteiger partial charge in [-0.05, 0) is 42.5 Å². The molecule has 4 rings (SSSR count). The molecule has 0 bridgehead atoms. The van der Waals surface area contributed by atoms with Crippen molar-refractivity contribution in [2.75, 3.05) is 0 Å². The maximum atomic E-state index is 12.8. The van der Waals surface area contributed by atoms with Gasteiger partial charge in [-0.15, -0.1) is 0 Å². The number of pyridine rings is 3. The van der Waals surface area contributed by atoms with E-state index in [1.165, 1.54) is 6.07 Å². The van der Waals surface area contributed by atoms with E-state index in [0.717, 1.165) is 16.8 Å². The molecule has 0 aliphatic rings. The molecule has 0 saturated heterocycles. The van der Waals surface area contributed by atoms with Gasteiger partial charge in [0.2, 0.25) is 0 Å². The first kappa shape index (κ1) is 16.2. The van der Waals surface area contributed by atoms with Gasteiger partial charge in [-0.3, -0.25) is 19.3 Å². The first-order chi connectivity index (χ1) is 12.8. The second kappa shape index (κ2) is 6.94. The predicted molar refractivity (Wildman–Crippen MR) is 104 cm³/mol. The zero-order valence-electron chi connectivity index (χ0n) is 13.7. The first-order valence-corrected chi connectivity index (χ1v) is 8.46. The molecule has 0 aliphatic carbocycles. The van der Waals surface area contributed by atoms with Crippen LogP contribution in [-0.2, 0) is 0 Å². The summed E-state index contributed by atoms with van der Waals surface area (Å²) in [6, 6.07) is 20.1. The van der Waals surface area contributed by atoms with Crippen molar-refractivity contribution in [3.05, 3.63) is 101 Å². The zero-order valence-corrected chi connectivity index (χ0v) is 14.5. The van der Waals surface area contributed by atoms with Gasteiger partial charge in [-0.25, -0.2) is 0 Å². The minimum Gasteiger partial charge on any atom is -0.275 e. The molecule has 126 valence electrons. The van der Waals surface area contributed by atoms with Crippen molar-refractivity contribution in [2.24, 2.45) is 0 Å². The van der Waals surface area contributed by atoms with Crippen molar-refractivity contribution in [3.63, 3.8) is 0 Å². The summed E-state index contributed by atoms with van der Waals surface area (Å²) in [6.45, 7) is 0. The highest BCUT2D eigenvalue weighted by Gasteiger charge is 2.17. The topological polar surface area (TPSA) is 47.8 Å². The molecular weight excluding hydrogens is 346 g/mol. The number of aromatic nitrogens is 3. The van der Waals surface area contributed by atoms with Gasteiger partial charge in [-0.1, -0.05) is 29.8 Å². The quantitative estimate of drug-likeness (QED) is 0.536. The molecule has 5 heteroatoms. The summed E-state index contributed by atoms with van der Waals surface area (Å²) in [7, 11) is 0. The molecule has 0 amide bonds. The van der Waals surface area contributed by atoms with Crippen LogP contribution in [0.5, 0.6) is 0 Å². The maximum Gasteiger partial charge on any atom is 0.255 e. The molecule has 0 atom stereocenters. The van der Waals surface area contributed by atoms with Crippen LogP contribution in [0.15, 0.2) is 90.1 Å². The van der Waals surface area contributed by atoms with E-state index in [-0.39, 0.29) is 5.56 Å². The van der Waals surface area contributed by atoms with E-state index in [1.54, 1.807) is 35.3 Å². The fraction of sp³-hybridized carbons (Fsp3) is 0. The van der Waals surface area contributed by atoms with Crippen LogP contribution in [0.3, 0.4) is 0 Å². The second-order valence-electron chi connectivity index (χ2n) is 5.68. The number of benzene rings is 1. The van der Waals surface area contributed by atoms with Crippen LogP contribution in [0.4, 0.5) is 0 Å². The molecule has 26 heavy (non-hydrogen) atoms. The van der Waals surface area contributed by atoms with E-state index < -0.39 is 0 Å². The highest BCUT2D eigenvalue weighted by Crippen LogP contribution is 2.32. The summed E-state index contributed by atoms with van der Waals surface area (Å²) in [6.07, 6.45) is 5.16. The summed E-state index contributed by atoms with van der Waals surface area (Å²) in [5, 5.41) is 0.498. The van der Waals surface area contributed by atoms with Crippen LogP contribution < -0.4 is 5.56 Å². The average Bonchev–Trinajstić information content (AvgIpc) is 2.70. The van der Waals surface area contributed by atoms with Crippen LogP contribution in [0.2, 0.25) is 5.02 Å². The van der Waals surface area contributed by atoms with Crippen LogP contribution in [0.25, 0.3) is 28.2 Å². The van der Waals surface area contributed by atoms with E-state index >= 15 is 0 Å². The van der Waals surface area contributed by atoms with Crippen LogP contribution >= 0.6 is 11.6 Å². The van der Waals surface area contributed by atoms with E-state index in [2.05, 4.69) is 9.97 Å². The Morgan fingerprint density at radius 3 is 2.42 bits per heavy atom. The molecular formula is C21H14ClN3O. The van der Waals surface area contributed by atoms with Crippen LogP contribution in [-0.4, -0.2) is 14.5 Å². The van der Waals surface area contributed by atoms with Gasteiger partial charge in [0.1, 0.15) is 0 Å². The van der Waals surface area contributed by atoms with Gasteiger partial charge in [0.15, 0.2) is 0 Å². The van der Waals surface area contributed by atoms with E-state index in [4.69, 9.17) is 11.6 Å². The smallest absolute Gasteiger partial charge is 0.255 e. The molecule has 3 aromatic heterocycles. The molecule has 3 heterocycles. The third-order valence-corrected chi connectivity index (χ3v) is 4.38. The van der Waals surface area contributed by atoms with Gasteiger partial charge >= 0.3 is 0 Å². The SMILES string of the molecule is O=c1ccc(-c2ccccn2)c(-c2cccnc2)n1-c1ccccc1Cl. The van der Waals surface area contributed by atoms with E-state index in [1.807, 2.05) is 48.5 Å². The molecule has 0 fully saturated rings. The number of para-hydroxylation sites is 1. The number of halogens is 1. The standard InChI is InChI=1S/C21H14ClN3O/c22-17-7-1-2-9-19(17)25-20(26)11-10-16(18-8-3-4-13-24-18)21(25)15-6-5-12-23-14-15/h1-14H. The van der Waals surface area contributed by atoms with Crippen LogP contribution in [0, 0.1) is 0 Å². The van der Waals surface area contributed by atoms with Crippen molar-refractivity contribution < 1.29 is 0 Å². The number of rotatable bonds is 3. The first-order valence-electron chi connectivity index (χ1n) is 8.08. The Bertz CT molecular complexity index is 1110. The summed E-state index contributed by atoms with van der Waals surface area (Å²) in [5.41, 5.74) is 3.57. The minimum atomic E-state index is -0.170. The maximum absolute atomic E-state index is 12.8. The third-order valence-electron chi connectivity index (χ3n) is 4.06. The number of hydrogen-bond donors (Lipinski definition) is 0. The molecule has 0 aliphatic heterocycles. The molecule has 1 aromatic carbocycles. The van der Waals surface area contributed by atoms with Crippen molar-refractivity contribution in [2.45, 2.75) is 0 Å². The lowest BCUT2D eigenvalue weighted by atomic mass is 10.0. The molecule has 4 nitrogen and oxygen atoms in total. The highest BCUT2D eigenvalue weighted by atomic mass is 35.5. The van der Waals surface area contributed by atoms with Gasteiger partial charge in [0, 0.05) is 35.8 Å². The molecule has 4 aromatic rings. The Balaban J connectivity index is 2.12. The molecule has 0 N–H and O–H groups in total. The lowest BCUT2D eigenvalue weighted by Gasteiger charge is -2.18. The number of nitrogens with zero attached hydrogens (tertiary/aromatic N) is 3. The lowest BCUT2D eigenvalue weighted by Crippen LogP contribution is -2.20. The monoisotopic (exact) mass is 359 g/mol. The minimum absolute atomic E-state index is 0.170. The Labute approximate surface area is 155 Å². The Kier molecular flexibility index (Phi) is 4.33. The van der Waals surface area contributed by atoms with Crippen LogP contribution in [0.1, 0.15) is 0 Å². The summed E-state index contributed by atoms with van der Waals surface area (Å²) in [4.78, 5) is 21.5. The van der Waals surface area contributed by atoms with Gasteiger partial charge in [0.05, 0.1) is 22.1 Å². The van der Waals surface area contributed by atoms with Crippen molar-refractivity contribution in [3.8, 4) is 28.2 Å². The molecule has 0 saturated carbocycles. The molecule has 0 spiro atoms. The Morgan fingerprint density at radius 2 is 1.69 bits per heavy atom. The summed E-state index contributed by atoms with van der Waals surface area (Å²) < 4.78 is 1.61. The van der Waals surface area contributed by atoms with E-state index in [9.17, 15) is 4.79 Å². The summed E-state index contributed by atoms with van der Waals surface area (Å²) in [5.74, 6) is 0. The normalized spacial score (nSPS) is 10.7.